The predicted molar refractivity (Wildman–Crippen MR) is 106 cm³/mol. The average Bonchev–Trinajstić information content (AvgIpc) is 2.60. The molecular formula is C18H29Cl2N3O2. The first-order valence-corrected chi connectivity index (χ1v) is 9.38. The highest BCUT2D eigenvalue weighted by Crippen LogP contribution is 2.21. The molecule has 7 heteroatoms. The molecule has 1 rings (SSSR count). The molecule has 0 aliphatic heterocycles. The smallest absolute Gasteiger partial charge is 0.190 e. The van der Waals surface area contributed by atoms with Crippen LogP contribution in [0, 0.1) is 0 Å². The fraction of sp³-hybridized carbons (Fsp3) is 0.611. The van der Waals surface area contributed by atoms with Crippen LogP contribution in [-0.4, -0.2) is 53.0 Å². The van der Waals surface area contributed by atoms with E-state index in [2.05, 4.69) is 15.6 Å². The number of methoxy groups -OCH3 is 1. The Hall–Kier alpha value is -1.01. The summed E-state index contributed by atoms with van der Waals surface area (Å²) in [7, 11) is 3.45. The van der Waals surface area contributed by atoms with Gasteiger partial charge in [0.15, 0.2) is 5.96 Å². The summed E-state index contributed by atoms with van der Waals surface area (Å²) in [5, 5.41) is 8.01. The molecule has 0 aliphatic carbocycles. The zero-order valence-corrected chi connectivity index (χ0v) is 16.6. The molecule has 25 heavy (non-hydrogen) atoms. The predicted octanol–water partition coefficient (Wildman–Crippen LogP) is 3.53. The van der Waals surface area contributed by atoms with Crippen LogP contribution >= 0.6 is 23.2 Å². The summed E-state index contributed by atoms with van der Waals surface area (Å²) in [5.41, 5.74) is 1.12. The van der Waals surface area contributed by atoms with Crippen molar-refractivity contribution in [2.75, 3.05) is 47.1 Å². The normalized spacial score (nSPS) is 11.6. The van der Waals surface area contributed by atoms with Gasteiger partial charge in [0.1, 0.15) is 0 Å². The number of nitrogens with zero attached hydrogens (tertiary/aromatic N) is 1. The van der Waals surface area contributed by atoms with Crippen LogP contribution in [-0.2, 0) is 15.9 Å². The number of hydrogen-bond donors (Lipinski definition) is 2. The van der Waals surface area contributed by atoms with Gasteiger partial charge in [-0.25, -0.2) is 0 Å². The number of guanidine groups is 1. The maximum atomic E-state index is 6.18. The lowest BCUT2D eigenvalue weighted by Crippen LogP contribution is -2.38. The summed E-state index contributed by atoms with van der Waals surface area (Å²) in [6.07, 6.45) is 3.92. The Balaban J connectivity index is 2.08. The summed E-state index contributed by atoms with van der Waals surface area (Å²) in [6, 6.07) is 5.63. The molecule has 0 unspecified atom stereocenters. The van der Waals surface area contributed by atoms with Crippen molar-refractivity contribution in [3.8, 4) is 0 Å². The molecule has 0 atom stereocenters. The van der Waals surface area contributed by atoms with Crippen LogP contribution in [0.25, 0.3) is 0 Å². The van der Waals surface area contributed by atoms with E-state index >= 15 is 0 Å². The lowest BCUT2D eigenvalue weighted by Gasteiger charge is -2.12. The second-order valence-corrected chi connectivity index (χ2v) is 6.42. The molecule has 1 aromatic rings. The van der Waals surface area contributed by atoms with Gasteiger partial charge in [0.05, 0.1) is 13.2 Å². The van der Waals surface area contributed by atoms with E-state index in [-0.39, 0.29) is 0 Å². The fourth-order valence-electron chi connectivity index (χ4n) is 2.21. The van der Waals surface area contributed by atoms with Crippen LogP contribution in [0.2, 0.25) is 10.0 Å². The Labute approximate surface area is 161 Å². The third kappa shape index (κ3) is 10.5. The highest BCUT2D eigenvalue weighted by Gasteiger charge is 2.02. The van der Waals surface area contributed by atoms with Crippen LogP contribution in [0.3, 0.4) is 0 Å². The molecule has 0 radical (unpaired) electrons. The van der Waals surface area contributed by atoms with Gasteiger partial charge in [0.2, 0.25) is 0 Å². The molecule has 0 aliphatic rings. The summed E-state index contributed by atoms with van der Waals surface area (Å²) in [4.78, 5) is 4.22. The first kappa shape index (κ1) is 22.0. The van der Waals surface area contributed by atoms with E-state index in [0.717, 1.165) is 61.9 Å². The molecule has 0 amide bonds. The Morgan fingerprint density at radius 2 is 1.80 bits per heavy atom. The topological polar surface area (TPSA) is 54.9 Å². The zero-order chi connectivity index (χ0) is 18.3. The summed E-state index contributed by atoms with van der Waals surface area (Å²) >= 11 is 12.1. The van der Waals surface area contributed by atoms with Crippen LogP contribution in [0.5, 0.6) is 0 Å². The quantitative estimate of drug-likeness (QED) is 0.326. The Morgan fingerprint density at radius 1 is 1.04 bits per heavy atom. The minimum absolute atomic E-state index is 0.649. The number of halogens is 2. The molecule has 5 nitrogen and oxygen atoms in total. The molecule has 0 bridgehead atoms. The number of hydrogen-bond acceptors (Lipinski definition) is 3. The molecule has 1 aromatic carbocycles. The Kier molecular flexibility index (Phi) is 12.5. The van der Waals surface area contributed by atoms with E-state index < -0.39 is 0 Å². The highest BCUT2D eigenvalue weighted by atomic mass is 35.5. The first-order chi connectivity index (χ1) is 12.2. The molecule has 0 fully saturated rings. The van der Waals surface area contributed by atoms with Crippen LogP contribution in [0.1, 0.15) is 24.8 Å². The molecular weight excluding hydrogens is 361 g/mol. The molecule has 142 valence electrons. The van der Waals surface area contributed by atoms with Gasteiger partial charge in [-0.15, -0.1) is 0 Å². The van der Waals surface area contributed by atoms with E-state index in [1.165, 1.54) is 0 Å². The fourth-order valence-corrected chi connectivity index (χ4v) is 2.71. The van der Waals surface area contributed by atoms with E-state index in [1.807, 2.05) is 12.1 Å². The lowest BCUT2D eigenvalue weighted by atomic mass is 10.1. The minimum Gasteiger partial charge on any atom is -0.382 e. The van der Waals surface area contributed by atoms with Crippen molar-refractivity contribution < 1.29 is 9.47 Å². The Morgan fingerprint density at radius 3 is 2.48 bits per heavy atom. The summed E-state index contributed by atoms with van der Waals surface area (Å²) in [6.45, 7) is 3.77. The van der Waals surface area contributed by atoms with Gasteiger partial charge in [-0.2, -0.15) is 0 Å². The molecule has 2 N–H and O–H groups in total. The van der Waals surface area contributed by atoms with Gasteiger partial charge < -0.3 is 20.1 Å². The molecule has 0 aromatic heterocycles. The maximum Gasteiger partial charge on any atom is 0.190 e. The number of unbranched alkanes of at least 4 members (excludes halogenated alkanes) is 1. The highest BCUT2D eigenvalue weighted by molar-refractivity contribution is 6.35. The number of benzene rings is 1. The van der Waals surface area contributed by atoms with Crippen molar-refractivity contribution in [2.45, 2.75) is 25.7 Å². The molecule has 0 spiro atoms. The van der Waals surface area contributed by atoms with Crippen LogP contribution in [0.15, 0.2) is 23.2 Å². The van der Waals surface area contributed by atoms with Gasteiger partial charge >= 0.3 is 0 Å². The number of aliphatic imine (C=N–C) groups is 1. The largest absolute Gasteiger partial charge is 0.382 e. The number of rotatable bonds is 12. The second kappa shape index (κ2) is 14.2. The van der Waals surface area contributed by atoms with Crippen molar-refractivity contribution in [3.05, 3.63) is 33.8 Å². The van der Waals surface area contributed by atoms with Gasteiger partial charge in [0.25, 0.3) is 0 Å². The van der Waals surface area contributed by atoms with Crippen molar-refractivity contribution in [3.63, 3.8) is 0 Å². The van der Waals surface area contributed by atoms with Crippen LogP contribution < -0.4 is 10.6 Å². The van der Waals surface area contributed by atoms with Crippen LogP contribution in [0.4, 0.5) is 0 Å². The third-order valence-corrected chi connectivity index (χ3v) is 4.18. The SMILES string of the molecule is CN=C(NCCCCOCCOC)NCCCc1ccc(Cl)cc1Cl. The zero-order valence-electron chi connectivity index (χ0n) is 15.1. The lowest BCUT2D eigenvalue weighted by molar-refractivity contribution is 0.0689. The number of nitrogens with one attached hydrogen (secondary N) is 2. The molecule has 0 saturated heterocycles. The van der Waals surface area contributed by atoms with E-state index in [4.69, 9.17) is 32.7 Å². The average molecular weight is 390 g/mol. The number of ether oxygens (including phenoxy) is 2. The second-order valence-electron chi connectivity index (χ2n) is 5.58. The van der Waals surface area contributed by atoms with Crippen molar-refractivity contribution >= 4 is 29.2 Å². The Bertz CT molecular complexity index is 513. The molecule has 0 heterocycles. The van der Waals surface area contributed by atoms with Gasteiger partial charge in [-0.1, -0.05) is 29.3 Å². The van der Waals surface area contributed by atoms with Crippen molar-refractivity contribution in [2.24, 2.45) is 4.99 Å². The standard InChI is InChI=1S/C18H29Cl2N3O2/c1-21-18(22-9-3-4-11-25-13-12-24-2)23-10-5-6-15-7-8-16(19)14-17(15)20/h7-8,14H,3-6,9-13H2,1-2H3,(H2,21,22,23). The summed E-state index contributed by atoms with van der Waals surface area (Å²) in [5.74, 6) is 0.822. The minimum atomic E-state index is 0.649. The van der Waals surface area contributed by atoms with Gasteiger partial charge in [-0.05, 0) is 43.4 Å². The van der Waals surface area contributed by atoms with Crippen molar-refractivity contribution in [1.82, 2.24) is 10.6 Å². The third-order valence-electron chi connectivity index (χ3n) is 3.59. The molecule has 0 saturated carbocycles. The maximum absolute atomic E-state index is 6.18. The van der Waals surface area contributed by atoms with E-state index in [0.29, 0.717) is 18.2 Å². The van der Waals surface area contributed by atoms with Gasteiger partial charge in [0, 0.05) is 43.9 Å². The van der Waals surface area contributed by atoms with E-state index in [1.54, 1.807) is 20.2 Å². The van der Waals surface area contributed by atoms with E-state index in [9.17, 15) is 0 Å². The monoisotopic (exact) mass is 389 g/mol. The van der Waals surface area contributed by atoms with Gasteiger partial charge in [-0.3, -0.25) is 4.99 Å². The first-order valence-electron chi connectivity index (χ1n) is 8.62. The van der Waals surface area contributed by atoms with Crippen molar-refractivity contribution in [1.29, 1.82) is 0 Å². The summed E-state index contributed by atoms with van der Waals surface area (Å²) < 4.78 is 10.4. The number of aryl methyl sites for hydroxylation is 1.